The predicted octanol–water partition coefficient (Wildman–Crippen LogP) is 4.01. The van der Waals surface area contributed by atoms with Crippen LogP contribution in [0.25, 0.3) is 0 Å². The molecule has 0 heterocycles. The Kier molecular flexibility index (Phi) is 8.53. The number of nitrogens with one attached hydrogen (secondary N) is 1. The van der Waals surface area contributed by atoms with E-state index in [9.17, 15) is 18.0 Å². The summed E-state index contributed by atoms with van der Waals surface area (Å²) in [5.41, 5.74) is 2.22. The van der Waals surface area contributed by atoms with Gasteiger partial charge >= 0.3 is 0 Å². The fourth-order valence-corrected chi connectivity index (χ4v) is 5.08. The molecule has 0 spiro atoms. The van der Waals surface area contributed by atoms with Gasteiger partial charge in [-0.15, -0.1) is 0 Å². The van der Waals surface area contributed by atoms with Gasteiger partial charge in [0.25, 0.3) is 10.0 Å². The van der Waals surface area contributed by atoms with E-state index in [-0.39, 0.29) is 17.3 Å². The molecule has 0 saturated heterocycles. The lowest BCUT2D eigenvalue weighted by Gasteiger charge is -2.31. The maximum atomic E-state index is 13.6. The van der Waals surface area contributed by atoms with Gasteiger partial charge in [0, 0.05) is 18.6 Å². The lowest BCUT2D eigenvalue weighted by atomic mass is 10.1. The molecule has 184 valence electrons. The minimum Gasteiger partial charge on any atom is -0.357 e. The average Bonchev–Trinajstić information content (AvgIpc) is 2.86. The number of hydrogen-bond donors (Lipinski definition) is 1. The number of sulfonamides is 1. The van der Waals surface area contributed by atoms with E-state index < -0.39 is 28.5 Å². The van der Waals surface area contributed by atoms with Crippen LogP contribution in [0.4, 0.5) is 5.69 Å². The molecule has 0 fully saturated rings. The molecule has 35 heavy (non-hydrogen) atoms. The van der Waals surface area contributed by atoms with Crippen LogP contribution in [0, 0.1) is 6.92 Å². The van der Waals surface area contributed by atoms with E-state index in [0.717, 1.165) is 15.4 Å². The monoisotopic (exact) mass is 513 g/mol. The van der Waals surface area contributed by atoms with Crippen molar-refractivity contribution in [3.63, 3.8) is 0 Å². The number of hydrogen-bond acceptors (Lipinski definition) is 4. The third-order valence-corrected chi connectivity index (χ3v) is 7.65. The van der Waals surface area contributed by atoms with Crippen LogP contribution in [0.15, 0.2) is 83.8 Å². The molecule has 3 aromatic rings. The van der Waals surface area contributed by atoms with E-state index in [1.165, 1.54) is 36.2 Å². The molecule has 0 aromatic heterocycles. The van der Waals surface area contributed by atoms with Crippen molar-refractivity contribution in [2.45, 2.75) is 31.3 Å². The molecule has 3 aromatic carbocycles. The smallest absolute Gasteiger partial charge is 0.264 e. The van der Waals surface area contributed by atoms with Gasteiger partial charge in [0.1, 0.15) is 12.6 Å². The number of benzene rings is 3. The number of nitrogens with zero attached hydrogens (tertiary/aromatic N) is 2. The number of carbonyl (C=O) groups excluding carboxylic acids is 2. The zero-order valence-corrected chi connectivity index (χ0v) is 21.4. The highest BCUT2D eigenvalue weighted by Gasteiger charge is 2.32. The van der Waals surface area contributed by atoms with Crippen molar-refractivity contribution >= 4 is 39.1 Å². The molecule has 7 nitrogen and oxygen atoms in total. The first-order valence-corrected chi connectivity index (χ1v) is 12.8. The molecule has 0 aliphatic rings. The number of rotatable bonds is 9. The number of likely N-dealkylation sites (N-methyl/N-ethyl adjacent to an activating group) is 1. The fraction of sp³-hybridized carbons (Fsp3) is 0.231. The Bertz CT molecular complexity index is 1260. The Hall–Kier alpha value is -3.36. The number of para-hydroxylation sites is 1. The molecule has 0 bridgehead atoms. The largest absolute Gasteiger partial charge is 0.357 e. The van der Waals surface area contributed by atoms with Crippen LogP contribution in [0.5, 0.6) is 0 Å². The second kappa shape index (κ2) is 11.4. The Labute approximate surface area is 211 Å². The first kappa shape index (κ1) is 26.2. The topological polar surface area (TPSA) is 86.8 Å². The van der Waals surface area contributed by atoms with Crippen LogP contribution >= 0.6 is 11.6 Å². The first-order chi connectivity index (χ1) is 16.6. The van der Waals surface area contributed by atoms with Gasteiger partial charge in [-0.3, -0.25) is 13.9 Å². The van der Waals surface area contributed by atoms with Crippen LogP contribution in [-0.4, -0.2) is 44.8 Å². The van der Waals surface area contributed by atoms with E-state index in [1.807, 2.05) is 31.2 Å². The van der Waals surface area contributed by atoms with E-state index in [4.69, 9.17) is 11.6 Å². The summed E-state index contributed by atoms with van der Waals surface area (Å²) in [6.45, 7) is 3.24. The van der Waals surface area contributed by atoms with Gasteiger partial charge in [0.2, 0.25) is 11.8 Å². The molecule has 0 aliphatic carbocycles. The Morgan fingerprint density at radius 1 is 0.943 bits per heavy atom. The van der Waals surface area contributed by atoms with Crippen LogP contribution < -0.4 is 9.62 Å². The maximum Gasteiger partial charge on any atom is 0.264 e. The van der Waals surface area contributed by atoms with E-state index in [1.54, 1.807) is 37.3 Å². The quantitative estimate of drug-likeness (QED) is 0.468. The van der Waals surface area contributed by atoms with Gasteiger partial charge in [0.05, 0.1) is 10.6 Å². The van der Waals surface area contributed by atoms with Gasteiger partial charge in [-0.25, -0.2) is 8.42 Å². The standard InChI is InChI=1S/C26H28ClN3O4S/c1-19-9-11-21(12-10-19)17-29(20(2)26(32)28-3)25(31)18-30(23-7-5-4-6-8-23)35(33,34)24-15-13-22(27)14-16-24/h4-16,20H,17-18H2,1-3H3,(H,28,32). The highest BCUT2D eigenvalue weighted by molar-refractivity contribution is 7.92. The highest BCUT2D eigenvalue weighted by Crippen LogP contribution is 2.25. The van der Waals surface area contributed by atoms with Crippen molar-refractivity contribution in [3.8, 4) is 0 Å². The van der Waals surface area contributed by atoms with Crippen LogP contribution in [0.3, 0.4) is 0 Å². The van der Waals surface area contributed by atoms with E-state index in [0.29, 0.717) is 10.7 Å². The fourth-order valence-electron chi connectivity index (χ4n) is 3.54. The van der Waals surface area contributed by atoms with Crippen molar-refractivity contribution in [3.05, 3.63) is 95.0 Å². The molecular formula is C26H28ClN3O4S. The van der Waals surface area contributed by atoms with Gasteiger partial charge in [-0.2, -0.15) is 0 Å². The molecule has 0 saturated carbocycles. The minimum atomic E-state index is -4.10. The van der Waals surface area contributed by atoms with Crippen LogP contribution in [-0.2, 0) is 26.2 Å². The van der Waals surface area contributed by atoms with Crippen molar-refractivity contribution in [2.75, 3.05) is 17.9 Å². The molecular weight excluding hydrogens is 486 g/mol. The van der Waals surface area contributed by atoms with Gasteiger partial charge in [0.15, 0.2) is 0 Å². The number of carbonyl (C=O) groups is 2. The van der Waals surface area contributed by atoms with Crippen molar-refractivity contribution < 1.29 is 18.0 Å². The average molecular weight is 514 g/mol. The maximum absolute atomic E-state index is 13.6. The predicted molar refractivity (Wildman–Crippen MR) is 138 cm³/mol. The van der Waals surface area contributed by atoms with Gasteiger partial charge in [-0.05, 0) is 55.8 Å². The summed E-state index contributed by atoms with van der Waals surface area (Å²) in [5, 5.41) is 2.96. The number of amides is 2. The molecule has 0 radical (unpaired) electrons. The summed E-state index contributed by atoms with van der Waals surface area (Å²) in [5.74, 6) is -0.861. The highest BCUT2D eigenvalue weighted by atomic mass is 35.5. The number of aryl methyl sites for hydroxylation is 1. The molecule has 1 atom stereocenters. The number of anilines is 1. The molecule has 1 N–H and O–H groups in total. The summed E-state index contributed by atoms with van der Waals surface area (Å²) in [7, 11) is -2.61. The first-order valence-electron chi connectivity index (χ1n) is 11.0. The van der Waals surface area contributed by atoms with Crippen molar-refractivity contribution in [2.24, 2.45) is 0 Å². The van der Waals surface area contributed by atoms with Crippen LogP contribution in [0.1, 0.15) is 18.1 Å². The van der Waals surface area contributed by atoms with Gasteiger partial charge in [-0.1, -0.05) is 59.6 Å². The third kappa shape index (κ3) is 6.41. The lowest BCUT2D eigenvalue weighted by Crippen LogP contribution is -2.50. The SMILES string of the molecule is CNC(=O)C(C)N(Cc1ccc(C)cc1)C(=O)CN(c1ccccc1)S(=O)(=O)c1ccc(Cl)cc1. The Morgan fingerprint density at radius 3 is 2.11 bits per heavy atom. The molecule has 0 aliphatic heterocycles. The Balaban J connectivity index is 1.99. The minimum absolute atomic E-state index is 0.00277. The molecule has 9 heteroatoms. The normalized spacial score (nSPS) is 12.0. The van der Waals surface area contributed by atoms with E-state index in [2.05, 4.69) is 5.32 Å². The number of halogens is 1. The van der Waals surface area contributed by atoms with Gasteiger partial charge < -0.3 is 10.2 Å². The third-order valence-electron chi connectivity index (χ3n) is 5.61. The second-order valence-corrected chi connectivity index (χ2v) is 10.4. The van der Waals surface area contributed by atoms with Crippen molar-refractivity contribution in [1.29, 1.82) is 0 Å². The summed E-state index contributed by atoms with van der Waals surface area (Å²) >= 11 is 5.94. The summed E-state index contributed by atoms with van der Waals surface area (Å²) in [4.78, 5) is 27.5. The molecule has 1 unspecified atom stereocenters. The zero-order valence-electron chi connectivity index (χ0n) is 19.8. The van der Waals surface area contributed by atoms with Crippen LogP contribution in [0.2, 0.25) is 5.02 Å². The van der Waals surface area contributed by atoms with E-state index >= 15 is 0 Å². The summed E-state index contributed by atoms with van der Waals surface area (Å²) in [6, 6.07) is 20.9. The summed E-state index contributed by atoms with van der Waals surface area (Å²) < 4.78 is 28.2. The zero-order chi connectivity index (χ0) is 25.6. The molecule has 2 amide bonds. The lowest BCUT2D eigenvalue weighted by molar-refractivity contribution is -0.139. The Morgan fingerprint density at radius 2 is 1.54 bits per heavy atom. The summed E-state index contributed by atoms with van der Waals surface area (Å²) in [6.07, 6.45) is 0. The van der Waals surface area contributed by atoms with Crippen molar-refractivity contribution in [1.82, 2.24) is 10.2 Å². The second-order valence-electron chi connectivity index (χ2n) is 8.10. The molecule has 3 rings (SSSR count).